The maximum atomic E-state index is 2.67. The zero-order chi connectivity index (χ0) is 12.2. The van der Waals surface area contributed by atoms with Crippen LogP contribution < -0.4 is 0 Å². The third-order valence-electron chi connectivity index (χ3n) is 4.22. The molecule has 0 N–H and O–H groups in total. The first-order valence-corrected chi connectivity index (χ1v) is 8.27. The number of aryl methyl sites for hydroxylation is 1. The minimum absolute atomic E-state index is 0.849. The molecule has 18 heavy (non-hydrogen) atoms. The van der Waals surface area contributed by atoms with Gasteiger partial charge in [0.05, 0.1) is 0 Å². The van der Waals surface area contributed by atoms with E-state index >= 15 is 0 Å². The van der Waals surface area contributed by atoms with E-state index in [4.69, 9.17) is 0 Å². The Balaban J connectivity index is 1.50. The average Bonchev–Trinajstić information content (AvgIpc) is 2.46. The van der Waals surface area contributed by atoms with Crippen molar-refractivity contribution in [1.82, 2.24) is 4.90 Å². The summed E-state index contributed by atoms with van der Waals surface area (Å²) >= 11 is 2.12. The maximum absolute atomic E-state index is 2.67. The molecule has 1 fully saturated rings. The normalized spacial score (nSPS) is 24.8. The summed E-state index contributed by atoms with van der Waals surface area (Å²) in [6, 6.07) is 8.95. The lowest BCUT2D eigenvalue weighted by atomic mass is 10.0. The van der Waals surface area contributed by atoms with E-state index in [0.29, 0.717) is 0 Å². The molecular weight excluding hydrogens is 238 g/mol. The van der Waals surface area contributed by atoms with Gasteiger partial charge in [-0.1, -0.05) is 24.6 Å². The summed E-state index contributed by atoms with van der Waals surface area (Å²) in [7, 11) is 0. The van der Waals surface area contributed by atoms with E-state index in [9.17, 15) is 0 Å². The molecule has 2 aliphatic rings. The molecule has 1 aromatic rings. The number of hydrogen-bond acceptors (Lipinski definition) is 2. The Kier molecular flexibility index (Phi) is 4.27. The van der Waals surface area contributed by atoms with Gasteiger partial charge in [0, 0.05) is 10.1 Å². The van der Waals surface area contributed by atoms with Gasteiger partial charge in [-0.15, -0.1) is 11.8 Å². The van der Waals surface area contributed by atoms with E-state index in [1.165, 1.54) is 63.1 Å². The Morgan fingerprint density at radius 1 is 1.11 bits per heavy atom. The number of hydrogen-bond donors (Lipinski definition) is 0. The Labute approximate surface area is 115 Å². The lowest BCUT2D eigenvalue weighted by Gasteiger charge is -2.29. The summed E-state index contributed by atoms with van der Waals surface area (Å²) in [5, 5.41) is 0.849. The van der Waals surface area contributed by atoms with Gasteiger partial charge >= 0.3 is 0 Å². The second-order valence-corrected chi connectivity index (χ2v) is 6.92. The SMILES string of the molecule is c1ccc2c(c1)CCC(CCN1CCCCC1)S2. The fourth-order valence-corrected chi connectivity index (χ4v) is 4.39. The smallest absolute Gasteiger partial charge is 0.0110 e. The summed E-state index contributed by atoms with van der Waals surface area (Å²) in [5.74, 6) is 0. The minimum Gasteiger partial charge on any atom is -0.303 e. The Morgan fingerprint density at radius 2 is 1.94 bits per heavy atom. The van der Waals surface area contributed by atoms with Crippen LogP contribution in [0.2, 0.25) is 0 Å². The largest absolute Gasteiger partial charge is 0.303 e. The lowest BCUT2D eigenvalue weighted by Crippen LogP contribution is -2.32. The number of fused-ring (bicyclic) bond motifs is 1. The molecule has 0 aliphatic carbocycles. The predicted octanol–water partition coefficient (Wildman–Crippen LogP) is 3.97. The topological polar surface area (TPSA) is 3.24 Å². The first-order chi connectivity index (χ1) is 8.92. The second-order valence-electron chi connectivity index (χ2n) is 5.58. The van der Waals surface area contributed by atoms with Gasteiger partial charge in [0.1, 0.15) is 0 Å². The van der Waals surface area contributed by atoms with Gasteiger partial charge in [0.2, 0.25) is 0 Å². The molecule has 0 radical (unpaired) electrons. The molecular formula is C16H23NS. The number of nitrogens with zero attached hydrogens (tertiary/aromatic N) is 1. The van der Waals surface area contributed by atoms with Crippen molar-refractivity contribution in [2.45, 2.75) is 48.7 Å². The monoisotopic (exact) mass is 261 g/mol. The van der Waals surface area contributed by atoms with Crippen molar-refractivity contribution in [2.24, 2.45) is 0 Å². The number of piperidine rings is 1. The molecule has 0 spiro atoms. The van der Waals surface area contributed by atoms with Crippen molar-refractivity contribution < 1.29 is 0 Å². The number of thioether (sulfide) groups is 1. The van der Waals surface area contributed by atoms with E-state index in [1.54, 1.807) is 5.56 Å². The molecule has 3 rings (SSSR count). The maximum Gasteiger partial charge on any atom is 0.0110 e. The van der Waals surface area contributed by atoms with Crippen LogP contribution in [0.15, 0.2) is 29.2 Å². The Bertz CT molecular complexity index is 384. The lowest BCUT2D eigenvalue weighted by molar-refractivity contribution is 0.225. The molecule has 0 saturated carbocycles. The van der Waals surface area contributed by atoms with Crippen LogP contribution in [0.1, 0.15) is 37.7 Å². The molecule has 0 amide bonds. The zero-order valence-electron chi connectivity index (χ0n) is 11.1. The highest BCUT2D eigenvalue weighted by molar-refractivity contribution is 8.00. The van der Waals surface area contributed by atoms with E-state index in [1.807, 2.05) is 0 Å². The summed E-state index contributed by atoms with van der Waals surface area (Å²) < 4.78 is 0. The van der Waals surface area contributed by atoms with E-state index in [0.717, 1.165) is 5.25 Å². The first-order valence-electron chi connectivity index (χ1n) is 7.39. The van der Waals surface area contributed by atoms with Crippen LogP contribution in [-0.4, -0.2) is 29.8 Å². The zero-order valence-corrected chi connectivity index (χ0v) is 11.9. The molecule has 2 heterocycles. The van der Waals surface area contributed by atoms with Gasteiger partial charge in [-0.25, -0.2) is 0 Å². The fraction of sp³-hybridized carbons (Fsp3) is 0.625. The Morgan fingerprint density at radius 3 is 2.83 bits per heavy atom. The van der Waals surface area contributed by atoms with E-state index < -0.39 is 0 Å². The number of rotatable bonds is 3. The van der Waals surface area contributed by atoms with Gasteiger partial charge < -0.3 is 4.90 Å². The van der Waals surface area contributed by atoms with Crippen LogP contribution in [0.5, 0.6) is 0 Å². The van der Waals surface area contributed by atoms with E-state index in [2.05, 4.69) is 40.9 Å². The van der Waals surface area contributed by atoms with Gasteiger partial charge in [0.25, 0.3) is 0 Å². The van der Waals surface area contributed by atoms with Crippen LogP contribution >= 0.6 is 11.8 Å². The third-order valence-corrected chi connectivity index (χ3v) is 5.67. The van der Waals surface area contributed by atoms with Gasteiger partial charge in [-0.2, -0.15) is 0 Å². The van der Waals surface area contributed by atoms with Crippen molar-refractivity contribution in [3.8, 4) is 0 Å². The molecule has 2 aliphatic heterocycles. The van der Waals surface area contributed by atoms with Crippen molar-refractivity contribution >= 4 is 11.8 Å². The molecule has 98 valence electrons. The van der Waals surface area contributed by atoms with Crippen molar-refractivity contribution in [3.63, 3.8) is 0 Å². The molecule has 2 heteroatoms. The third kappa shape index (κ3) is 3.10. The highest BCUT2D eigenvalue weighted by Gasteiger charge is 2.20. The standard InChI is InChI=1S/C16H23NS/c1-4-11-17(12-5-1)13-10-15-9-8-14-6-2-3-7-16(14)18-15/h2-3,6-7,15H,1,4-5,8-13H2. The van der Waals surface area contributed by atoms with Crippen molar-refractivity contribution in [2.75, 3.05) is 19.6 Å². The second kappa shape index (κ2) is 6.12. The molecule has 1 nitrogen and oxygen atoms in total. The molecule has 0 aromatic heterocycles. The predicted molar refractivity (Wildman–Crippen MR) is 79.3 cm³/mol. The van der Waals surface area contributed by atoms with Gasteiger partial charge in [-0.05, 0) is 63.4 Å². The van der Waals surface area contributed by atoms with Crippen LogP contribution in [0.25, 0.3) is 0 Å². The molecule has 1 unspecified atom stereocenters. The molecule has 1 atom stereocenters. The molecule has 0 bridgehead atoms. The highest BCUT2D eigenvalue weighted by atomic mass is 32.2. The molecule has 1 saturated heterocycles. The number of benzene rings is 1. The van der Waals surface area contributed by atoms with Crippen molar-refractivity contribution in [1.29, 1.82) is 0 Å². The van der Waals surface area contributed by atoms with Crippen LogP contribution in [0.4, 0.5) is 0 Å². The van der Waals surface area contributed by atoms with Crippen LogP contribution in [0.3, 0.4) is 0 Å². The van der Waals surface area contributed by atoms with Crippen LogP contribution in [0, 0.1) is 0 Å². The van der Waals surface area contributed by atoms with Crippen molar-refractivity contribution in [3.05, 3.63) is 29.8 Å². The number of likely N-dealkylation sites (tertiary alicyclic amines) is 1. The minimum atomic E-state index is 0.849. The Hall–Kier alpha value is -0.470. The summed E-state index contributed by atoms with van der Waals surface area (Å²) in [6.07, 6.45) is 8.31. The summed E-state index contributed by atoms with van der Waals surface area (Å²) in [5.41, 5.74) is 1.57. The summed E-state index contributed by atoms with van der Waals surface area (Å²) in [6.45, 7) is 4.00. The van der Waals surface area contributed by atoms with E-state index in [-0.39, 0.29) is 0 Å². The first kappa shape index (κ1) is 12.6. The van der Waals surface area contributed by atoms with Crippen LogP contribution in [-0.2, 0) is 6.42 Å². The summed E-state index contributed by atoms with van der Waals surface area (Å²) in [4.78, 5) is 4.21. The van der Waals surface area contributed by atoms with Gasteiger partial charge in [0.15, 0.2) is 0 Å². The fourth-order valence-electron chi connectivity index (χ4n) is 3.09. The van der Waals surface area contributed by atoms with Gasteiger partial charge in [-0.3, -0.25) is 0 Å². The highest BCUT2D eigenvalue weighted by Crippen LogP contribution is 2.36. The molecule has 1 aromatic carbocycles. The quantitative estimate of drug-likeness (QED) is 0.810. The average molecular weight is 261 g/mol.